The lowest BCUT2D eigenvalue weighted by molar-refractivity contribution is -0.139. The van der Waals surface area contributed by atoms with Crippen molar-refractivity contribution in [3.8, 4) is 5.75 Å². The number of hydrogen-bond donors (Lipinski definition) is 0. The summed E-state index contributed by atoms with van der Waals surface area (Å²) in [7, 11) is 0. The molecule has 0 N–H and O–H groups in total. The Morgan fingerprint density at radius 1 is 1.07 bits per heavy atom. The summed E-state index contributed by atoms with van der Waals surface area (Å²) in [5, 5.41) is 0. The average Bonchev–Trinajstić information content (AvgIpc) is 3.61. The van der Waals surface area contributed by atoms with Crippen LogP contribution in [0.25, 0.3) is 0 Å². The average molecular weight is 414 g/mol. The van der Waals surface area contributed by atoms with E-state index in [4.69, 9.17) is 4.74 Å². The number of carbonyl (C=O) groups is 3. The minimum absolute atomic E-state index is 0.00277. The van der Waals surface area contributed by atoms with Gasteiger partial charge < -0.3 is 19.4 Å². The molecule has 4 rings (SSSR count). The van der Waals surface area contributed by atoms with E-state index in [2.05, 4.69) is 0 Å². The lowest BCUT2D eigenvalue weighted by Gasteiger charge is -2.38. The fraction of sp³-hybridized carbons (Fsp3) is 0.609. The van der Waals surface area contributed by atoms with Crippen LogP contribution in [0, 0.1) is 5.92 Å². The van der Waals surface area contributed by atoms with Crippen molar-refractivity contribution in [2.45, 2.75) is 51.7 Å². The second kappa shape index (κ2) is 8.66. The van der Waals surface area contributed by atoms with Gasteiger partial charge in [-0.1, -0.05) is 6.07 Å². The summed E-state index contributed by atoms with van der Waals surface area (Å²) in [6.45, 7) is 6.99. The zero-order chi connectivity index (χ0) is 21.3. The molecule has 1 aromatic carbocycles. The van der Waals surface area contributed by atoms with Gasteiger partial charge in [0, 0.05) is 57.0 Å². The number of piperazine rings is 1. The van der Waals surface area contributed by atoms with Gasteiger partial charge >= 0.3 is 0 Å². The molecule has 1 aromatic rings. The minimum Gasteiger partial charge on any atom is -0.490 e. The van der Waals surface area contributed by atoms with Crippen LogP contribution in [0.2, 0.25) is 0 Å². The fourth-order valence-electron chi connectivity index (χ4n) is 4.36. The number of ether oxygens (including phenoxy) is 1. The zero-order valence-corrected chi connectivity index (χ0v) is 17.9. The number of rotatable bonds is 5. The fourth-order valence-corrected chi connectivity index (χ4v) is 4.36. The first-order valence-electron chi connectivity index (χ1n) is 11.1. The molecule has 1 atom stereocenters. The molecule has 162 valence electrons. The van der Waals surface area contributed by atoms with E-state index in [0.29, 0.717) is 36.9 Å². The molecule has 0 radical (unpaired) electrons. The third-order valence-electron chi connectivity index (χ3n) is 6.45. The van der Waals surface area contributed by atoms with Crippen LogP contribution in [-0.2, 0) is 9.59 Å². The molecule has 0 spiro atoms. The molecule has 0 aromatic heterocycles. The molecule has 2 heterocycles. The summed E-state index contributed by atoms with van der Waals surface area (Å²) in [4.78, 5) is 43.1. The molecule has 3 aliphatic rings. The predicted octanol–water partition coefficient (Wildman–Crippen LogP) is 2.16. The van der Waals surface area contributed by atoms with E-state index in [1.54, 1.807) is 28.9 Å². The number of hydrogen-bond acceptors (Lipinski definition) is 4. The minimum atomic E-state index is -0.455. The van der Waals surface area contributed by atoms with Crippen molar-refractivity contribution in [2.24, 2.45) is 5.92 Å². The Morgan fingerprint density at radius 2 is 1.80 bits per heavy atom. The van der Waals surface area contributed by atoms with Crippen molar-refractivity contribution in [1.29, 1.82) is 0 Å². The third kappa shape index (κ3) is 4.30. The molecule has 0 unspecified atom stereocenters. The molecule has 3 fully saturated rings. The standard InChI is InChI=1S/C23H31N3O4/c1-3-24-13-14-26(16(2)21(24)27)23(29)18-5-4-6-20(15-18)30-19-9-11-25(12-10-19)22(28)17-7-8-17/h4-6,15-17,19H,3,7-14H2,1-2H3/t16-/m1/s1. The predicted molar refractivity (Wildman–Crippen MR) is 112 cm³/mol. The van der Waals surface area contributed by atoms with E-state index in [1.807, 2.05) is 24.0 Å². The quantitative estimate of drug-likeness (QED) is 0.742. The van der Waals surface area contributed by atoms with Crippen molar-refractivity contribution >= 4 is 17.7 Å². The summed E-state index contributed by atoms with van der Waals surface area (Å²) < 4.78 is 6.14. The van der Waals surface area contributed by atoms with Gasteiger partial charge in [-0.3, -0.25) is 14.4 Å². The third-order valence-corrected chi connectivity index (χ3v) is 6.45. The summed E-state index contributed by atoms with van der Waals surface area (Å²) in [5.41, 5.74) is 0.540. The van der Waals surface area contributed by atoms with E-state index in [9.17, 15) is 14.4 Å². The van der Waals surface area contributed by atoms with E-state index in [1.165, 1.54) is 0 Å². The van der Waals surface area contributed by atoms with Crippen molar-refractivity contribution in [1.82, 2.24) is 14.7 Å². The monoisotopic (exact) mass is 413 g/mol. The maximum atomic E-state index is 13.0. The second-order valence-corrected chi connectivity index (χ2v) is 8.54. The number of amides is 3. The number of nitrogens with zero attached hydrogens (tertiary/aromatic N) is 3. The van der Waals surface area contributed by atoms with Crippen LogP contribution in [0.5, 0.6) is 5.75 Å². The summed E-state index contributed by atoms with van der Waals surface area (Å²) in [5.74, 6) is 1.09. The maximum Gasteiger partial charge on any atom is 0.254 e. The van der Waals surface area contributed by atoms with Crippen molar-refractivity contribution < 1.29 is 19.1 Å². The van der Waals surface area contributed by atoms with Crippen LogP contribution >= 0.6 is 0 Å². The highest BCUT2D eigenvalue weighted by Gasteiger charge is 2.36. The van der Waals surface area contributed by atoms with Crippen molar-refractivity contribution in [3.63, 3.8) is 0 Å². The van der Waals surface area contributed by atoms with Crippen LogP contribution in [-0.4, -0.2) is 77.3 Å². The molecule has 2 aliphatic heterocycles. The molecule has 30 heavy (non-hydrogen) atoms. The van der Waals surface area contributed by atoms with E-state index < -0.39 is 6.04 Å². The van der Waals surface area contributed by atoms with Crippen LogP contribution in [0.15, 0.2) is 24.3 Å². The first-order chi connectivity index (χ1) is 14.5. The van der Waals surface area contributed by atoms with E-state index in [0.717, 1.165) is 38.8 Å². The van der Waals surface area contributed by atoms with Crippen molar-refractivity contribution in [2.75, 3.05) is 32.7 Å². The molecule has 3 amide bonds. The van der Waals surface area contributed by atoms with Crippen LogP contribution < -0.4 is 4.74 Å². The number of likely N-dealkylation sites (tertiary alicyclic amines) is 1. The first-order valence-corrected chi connectivity index (χ1v) is 11.1. The summed E-state index contributed by atoms with van der Waals surface area (Å²) in [6, 6.07) is 6.78. The lowest BCUT2D eigenvalue weighted by atomic mass is 10.1. The van der Waals surface area contributed by atoms with Gasteiger partial charge in [0.2, 0.25) is 11.8 Å². The molecule has 7 nitrogen and oxygen atoms in total. The normalized spacial score (nSPS) is 22.9. The zero-order valence-electron chi connectivity index (χ0n) is 17.9. The van der Waals surface area contributed by atoms with Gasteiger partial charge in [0.25, 0.3) is 5.91 Å². The van der Waals surface area contributed by atoms with Gasteiger partial charge in [0.1, 0.15) is 17.9 Å². The smallest absolute Gasteiger partial charge is 0.254 e. The Hall–Kier alpha value is -2.57. The lowest BCUT2D eigenvalue weighted by Crippen LogP contribution is -2.57. The molecular weight excluding hydrogens is 382 g/mol. The van der Waals surface area contributed by atoms with Gasteiger partial charge in [-0.25, -0.2) is 0 Å². The van der Waals surface area contributed by atoms with Gasteiger partial charge in [0.05, 0.1) is 0 Å². The number of likely N-dealkylation sites (N-methyl/N-ethyl adjacent to an activating group) is 1. The first kappa shape index (κ1) is 20.7. The topological polar surface area (TPSA) is 70.2 Å². The van der Waals surface area contributed by atoms with Crippen LogP contribution in [0.4, 0.5) is 0 Å². The molecule has 1 aliphatic carbocycles. The Morgan fingerprint density at radius 3 is 2.47 bits per heavy atom. The van der Waals surface area contributed by atoms with Gasteiger partial charge in [0.15, 0.2) is 0 Å². The number of piperidine rings is 1. The van der Waals surface area contributed by atoms with E-state index >= 15 is 0 Å². The highest BCUT2D eigenvalue weighted by Crippen LogP contribution is 2.32. The molecule has 0 bridgehead atoms. The molecule has 2 saturated heterocycles. The Bertz CT molecular complexity index is 814. The van der Waals surface area contributed by atoms with E-state index in [-0.39, 0.29) is 23.8 Å². The van der Waals surface area contributed by atoms with Crippen LogP contribution in [0.3, 0.4) is 0 Å². The van der Waals surface area contributed by atoms with Gasteiger partial charge in [-0.15, -0.1) is 0 Å². The molecule has 7 heteroatoms. The number of carbonyl (C=O) groups excluding carboxylic acids is 3. The van der Waals surface area contributed by atoms with Gasteiger partial charge in [-0.2, -0.15) is 0 Å². The van der Waals surface area contributed by atoms with Crippen molar-refractivity contribution in [3.05, 3.63) is 29.8 Å². The highest BCUT2D eigenvalue weighted by atomic mass is 16.5. The molecular formula is C23H31N3O4. The maximum absolute atomic E-state index is 13.0. The summed E-state index contributed by atoms with van der Waals surface area (Å²) >= 11 is 0. The second-order valence-electron chi connectivity index (χ2n) is 8.54. The highest BCUT2D eigenvalue weighted by molar-refractivity contribution is 5.98. The molecule has 1 saturated carbocycles. The number of benzene rings is 1. The SMILES string of the molecule is CCN1CCN(C(=O)c2cccc(OC3CCN(C(=O)C4CC4)CC3)c2)[C@H](C)C1=O. The Kier molecular flexibility index (Phi) is 5.97. The summed E-state index contributed by atoms with van der Waals surface area (Å²) in [6.07, 6.45) is 3.73. The van der Waals surface area contributed by atoms with Crippen LogP contribution in [0.1, 0.15) is 49.9 Å². The Labute approximate surface area is 177 Å². The van der Waals surface area contributed by atoms with Gasteiger partial charge in [-0.05, 0) is 44.9 Å². The largest absolute Gasteiger partial charge is 0.490 e. The Balaban J connectivity index is 1.35.